The number of hydrogen-bond acceptors (Lipinski definition) is 6. The van der Waals surface area contributed by atoms with Crippen LogP contribution in [-0.2, 0) is 0 Å². The zero-order valence-electron chi connectivity index (χ0n) is 17.2. The van der Waals surface area contributed by atoms with Gasteiger partial charge in [-0.2, -0.15) is 0 Å². The first-order valence-electron chi connectivity index (χ1n) is 10.3. The Morgan fingerprint density at radius 3 is 2.16 bits per heavy atom. The van der Waals surface area contributed by atoms with E-state index < -0.39 is 10.8 Å². The summed E-state index contributed by atoms with van der Waals surface area (Å²) < 4.78 is 0. The minimum absolute atomic E-state index is 0.0637. The number of nitrogens with zero attached hydrogens (tertiary/aromatic N) is 2. The number of amides is 2. The fourth-order valence-corrected chi connectivity index (χ4v) is 4.27. The molecule has 0 radical (unpaired) electrons. The molecule has 2 N–H and O–H groups in total. The molecule has 1 saturated heterocycles. The predicted octanol–water partition coefficient (Wildman–Crippen LogP) is 5.15. The molecule has 0 bridgehead atoms. The second-order valence-electron chi connectivity index (χ2n) is 7.47. The zero-order chi connectivity index (χ0) is 22.5. The van der Waals surface area contributed by atoms with Crippen molar-refractivity contribution in [3.05, 3.63) is 80.5 Å². The van der Waals surface area contributed by atoms with Gasteiger partial charge in [0.15, 0.2) is 0 Å². The second-order valence-corrected chi connectivity index (χ2v) is 8.42. The number of hydrogen-bond donors (Lipinski definition) is 2. The minimum Gasteiger partial charge on any atom is -0.366 e. The predicted molar refractivity (Wildman–Crippen MR) is 126 cm³/mol. The normalized spacial score (nSPS) is 13.4. The Labute approximate surface area is 189 Å². The Hall–Kier alpha value is -3.72. The maximum Gasteiger partial charge on any atom is 0.293 e. The largest absolute Gasteiger partial charge is 0.366 e. The molecular formula is C23H22N4O4S. The lowest BCUT2D eigenvalue weighted by atomic mass is 10.1. The Kier molecular flexibility index (Phi) is 6.46. The molecule has 4 rings (SSSR count). The molecule has 1 aliphatic rings. The van der Waals surface area contributed by atoms with E-state index in [0.717, 1.165) is 32.4 Å². The van der Waals surface area contributed by atoms with Crippen LogP contribution >= 0.6 is 11.3 Å². The maximum atomic E-state index is 12.7. The third-order valence-electron chi connectivity index (χ3n) is 5.28. The number of nitro benzene ring substituents is 1. The van der Waals surface area contributed by atoms with Gasteiger partial charge in [-0.05, 0) is 67.1 Å². The van der Waals surface area contributed by atoms with Gasteiger partial charge in [0, 0.05) is 36.1 Å². The number of rotatable bonds is 6. The third kappa shape index (κ3) is 4.94. The Morgan fingerprint density at radius 1 is 0.906 bits per heavy atom. The summed E-state index contributed by atoms with van der Waals surface area (Å²) in [5.41, 5.74) is 1.82. The molecule has 0 spiro atoms. The molecule has 164 valence electrons. The standard InChI is InChI=1S/C23H22N4O4S/c28-22(16-6-11-19(20(15-16)27(30)31)26-12-2-1-3-13-26)24-17-7-9-18(10-8-17)25-23(29)21-5-4-14-32-21/h4-11,14-15H,1-3,12-13H2,(H,24,28)(H,25,29). The first-order valence-corrected chi connectivity index (χ1v) is 11.2. The van der Waals surface area contributed by atoms with Gasteiger partial charge in [-0.15, -0.1) is 11.3 Å². The Bertz CT molecular complexity index is 1120. The van der Waals surface area contributed by atoms with Crippen LogP contribution in [0.2, 0.25) is 0 Å². The van der Waals surface area contributed by atoms with E-state index in [1.54, 1.807) is 42.5 Å². The number of benzene rings is 2. The lowest BCUT2D eigenvalue weighted by molar-refractivity contribution is -0.384. The third-order valence-corrected chi connectivity index (χ3v) is 6.15. The summed E-state index contributed by atoms with van der Waals surface area (Å²) in [5, 5.41) is 19.0. The molecule has 2 aromatic carbocycles. The van der Waals surface area contributed by atoms with Crippen LogP contribution in [-0.4, -0.2) is 29.8 Å². The fraction of sp³-hybridized carbons (Fsp3) is 0.217. The minimum atomic E-state index is -0.439. The van der Waals surface area contributed by atoms with Crippen molar-refractivity contribution in [3.8, 4) is 0 Å². The van der Waals surface area contributed by atoms with E-state index >= 15 is 0 Å². The highest BCUT2D eigenvalue weighted by Crippen LogP contribution is 2.31. The van der Waals surface area contributed by atoms with Crippen molar-refractivity contribution in [1.29, 1.82) is 0 Å². The molecule has 1 aliphatic heterocycles. The summed E-state index contributed by atoms with van der Waals surface area (Å²) in [5.74, 6) is -0.633. The number of piperidine rings is 1. The SMILES string of the molecule is O=C(Nc1ccc(NC(=O)c2cccs2)cc1)c1ccc(N2CCCCC2)c([N+](=O)[O-])c1. The average Bonchev–Trinajstić information content (AvgIpc) is 3.36. The molecule has 32 heavy (non-hydrogen) atoms. The molecule has 2 amide bonds. The van der Waals surface area contributed by atoms with Crippen LogP contribution in [0, 0.1) is 10.1 Å². The molecule has 3 aromatic rings. The average molecular weight is 451 g/mol. The highest BCUT2D eigenvalue weighted by Gasteiger charge is 2.23. The van der Waals surface area contributed by atoms with Crippen molar-refractivity contribution in [1.82, 2.24) is 0 Å². The van der Waals surface area contributed by atoms with Crippen molar-refractivity contribution < 1.29 is 14.5 Å². The Morgan fingerprint density at radius 2 is 1.56 bits per heavy atom. The smallest absolute Gasteiger partial charge is 0.293 e. The van der Waals surface area contributed by atoms with Crippen molar-refractivity contribution in [2.45, 2.75) is 19.3 Å². The lowest BCUT2D eigenvalue weighted by Gasteiger charge is -2.28. The zero-order valence-corrected chi connectivity index (χ0v) is 18.1. The van der Waals surface area contributed by atoms with Crippen LogP contribution in [0.1, 0.15) is 39.3 Å². The maximum absolute atomic E-state index is 12.7. The first kappa shape index (κ1) is 21.5. The lowest BCUT2D eigenvalue weighted by Crippen LogP contribution is -2.30. The van der Waals surface area contributed by atoms with Crippen LogP contribution in [0.5, 0.6) is 0 Å². The van der Waals surface area contributed by atoms with Crippen molar-refractivity contribution in [3.63, 3.8) is 0 Å². The van der Waals surface area contributed by atoms with Crippen LogP contribution < -0.4 is 15.5 Å². The van der Waals surface area contributed by atoms with E-state index in [1.165, 1.54) is 17.4 Å². The summed E-state index contributed by atoms with van der Waals surface area (Å²) in [6.07, 6.45) is 3.13. The van der Waals surface area contributed by atoms with Crippen molar-refractivity contribution >= 4 is 45.9 Å². The highest BCUT2D eigenvalue weighted by atomic mass is 32.1. The van der Waals surface area contributed by atoms with E-state index in [1.807, 2.05) is 16.3 Å². The summed E-state index contributed by atoms with van der Waals surface area (Å²) in [6.45, 7) is 1.56. The molecule has 9 heteroatoms. The highest BCUT2D eigenvalue weighted by molar-refractivity contribution is 7.12. The first-order chi connectivity index (χ1) is 15.5. The quantitative estimate of drug-likeness (QED) is 0.399. The van der Waals surface area contributed by atoms with Gasteiger partial charge >= 0.3 is 0 Å². The van der Waals surface area contributed by atoms with E-state index in [4.69, 9.17) is 0 Å². The fourth-order valence-electron chi connectivity index (χ4n) is 3.65. The van der Waals surface area contributed by atoms with E-state index in [9.17, 15) is 19.7 Å². The van der Waals surface area contributed by atoms with Crippen molar-refractivity contribution in [2.75, 3.05) is 28.6 Å². The van der Waals surface area contributed by atoms with Crippen LogP contribution in [0.25, 0.3) is 0 Å². The molecule has 8 nitrogen and oxygen atoms in total. The van der Waals surface area contributed by atoms with Gasteiger partial charge < -0.3 is 15.5 Å². The van der Waals surface area contributed by atoms with Crippen LogP contribution in [0.15, 0.2) is 60.0 Å². The molecule has 0 atom stereocenters. The molecule has 0 aliphatic carbocycles. The molecule has 1 fully saturated rings. The molecule has 2 heterocycles. The topological polar surface area (TPSA) is 105 Å². The molecule has 0 saturated carbocycles. The van der Waals surface area contributed by atoms with Gasteiger partial charge in [0.25, 0.3) is 17.5 Å². The number of thiophene rings is 1. The van der Waals surface area contributed by atoms with E-state index in [2.05, 4.69) is 10.6 Å². The van der Waals surface area contributed by atoms with Gasteiger partial charge in [-0.3, -0.25) is 19.7 Å². The van der Waals surface area contributed by atoms with Crippen LogP contribution in [0.3, 0.4) is 0 Å². The molecular weight excluding hydrogens is 428 g/mol. The number of nitrogens with one attached hydrogen (secondary N) is 2. The summed E-state index contributed by atoms with van der Waals surface area (Å²) in [4.78, 5) is 38.6. The van der Waals surface area contributed by atoms with Gasteiger partial charge in [0.2, 0.25) is 0 Å². The summed E-state index contributed by atoms with van der Waals surface area (Å²) >= 11 is 1.35. The van der Waals surface area contributed by atoms with Gasteiger partial charge in [0.05, 0.1) is 9.80 Å². The van der Waals surface area contributed by atoms with Crippen LogP contribution in [0.4, 0.5) is 22.7 Å². The van der Waals surface area contributed by atoms with E-state index in [-0.39, 0.29) is 17.2 Å². The van der Waals surface area contributed by atoms with E-state index in [0.29, 0.717) is 21.9 Å². The van der Waals surface area contributed by atoms with Gasteiger partial charge in [-0.1, -0.05) is 6.07 Å². The molecule has 0 unspecified atom stereocenters. The summed E-state index contributed by atoms with van der Waals surface area (Å²) in [7, 11) is 0. The number of carbonyl (C=O) groups excluding carboxylic acids is 2. The number of nitro groups is 1. The van der Waals surface area contributed by atoms with Crippen molar-refractivity contribution in [2.24, 2.45) is 0 Å². The summed E-state index contributed by atoms with van der Waals surface area (Å²) in [6, 6.07) is 14.8. The van der Waals surface area contributed by atoms with Gasteiger partial charge in [0.1, 0.15) is 5.69 Å². The second kappa shape index (κ2) is 9.61. The van der Waals surface area contributed by atoms with Gasteiger partial charge in [-0.25, -0.2) is 0 Å². The molecule has 1 aromatic heterocycles. The Balaban J connectivity index is 1.44. The number of anilines is 3. The monoisotopic (exact) mass is 450 g/mol. The number of carbonyl (C=O) groups is 2.